The van der Waals surface area contributed by atoms with E-state index in [9.17, 15) is 0 Å². The van der Waals surface area contributed by atoms with Crippen molar-refractivity contribution in [1.82, 2.24) is 14.6 Å². The maximum Gasteiger partial charge on any atom is 0.152 e. The summed E-state index contributed by atoms with van der Waals surface area (Å²) in [4.78, 5) is 4.43. The molecule has 1 N–H and O–H groups in total. The Morgan fingerprint density at radius 3 is 2.78 bits per heavy atom. The maximum absolute atomic E-state index is 4.56. The molecule has 2 heterocycles. The van der Waals surface area contributed by atoms with Crippen molar-refractivity contribution >= 4 is 11.3 Å². The van der Waals surface area contributed by atoms with E-state index in [0.717, 1.165) is 23.4 Å². The second-order valence-electron chi connectivity index (χ2n) is 5.16. The smallest absolute Gasteiger partial charge is 0.152 e. The molecule has 0 fully saturated rings. The normalized spacial score (nSPS) is 13.2. The van der Waals surface area contributed by atoms with E-state index in [1.54, 1.807) is 6.20 Å². The quantitative estimate of drug-likeness (QED) is 0.878. The molecule has 0 spiro atoms. The molecule has 1 unspecified atom stereocenters. The Bertz CT molecular complexity index is 515. The van der Waals surface area contributed by atoms with Gasteiger partial charge in [0.25, 0.3) is 0 Å². The van der Waals surface area contributed by atoms with E-state index < -0.39 is 0 Å². The Kier molecular flexibility index (Phi) is 3.84. The molecule has 0 saturated carbocycles. The summed E-state index contributed by atoms with van der Waals surface area (Å²) >= 11 is 0. The van der Waals surface area contributed by atoms with E-state index >= 15 is 0 Å². The van der Waals surface area contributed by atoms with E-state index in [1.807, 2.05) is 10.7 Å². The van der Waals surface area contributed by atoms with Crippen molar-refractivity contribution in [3.63, 3.8) is 0 Å². The fraction of sp³-hybridized carbons (Fsp3) is 0.571. The third-order valence-electron chi connectivity index (χ3n) is 3.11. The van der Waals surface area contributed by atoms with Crippen molar-refractivity contribution in [2.24, 2.45) is 0 Å². The summed E-state index contributed by atoms with van der Waals surface area (Å²) < 4.78 is 1.91. The Balaban J connectivity index is 2.32. The molecule has 0 radical (unpaired) electrons. The van der Waals surface area contributed by atoms with Gasteiger partial charge in [0.05, 0.1) is 5.69 Å². The van der Waals surface area contributed by atoms with E-state index in [1.165, 1.54) is 6.42 Å². The van der Waals surface area contributed by atoms with Crippen LogP contribution in [0.1, 0.15) is 52.1 Å². The average Bonchev–Trinajstić information content (AvgIpc) is 2.74. The van der Waals surface area contributed by atoms with Crippen LogP contribution in [0.3, 0.4) is 0 Å². The Hall–Kier alpha value is -1.58. The molecular formula is C14H22N4. The molecule has 0 saturated heterocycles. The lowest BCUT2D eigenvalue weighted by molar-refractivity contribution is 0.687. The van der Waals surface area contributed by atoms with Crippen molar-refractivity contribution < 1.29 is 0 Å². The average molecular weight is 246 g/mol. The third-order valence-corrected chi connectivity index (χ3v) is 3.11. The number of hydrogen-bond donors (Lipinski definition) is 1. The van der Waals surface area contributed by atoms with Crippen LogP contribution in [0.5, 0.6) is 0 Å². The van der Waals surface area contributed by atoms with Crippen molar-refractivity contribution in [2.45, 2.75) is 52.5 Å². The zero-order valence-corrected chi connectivity index (χ0v) is 11.6. The zero-order chi connectivity index (χ0) is 13.1. The number of rotatable bonds is 5. The molecule has 0 aliphatic carbocycles. The van der Waals surface area contributed by atoms with Crippen LogP contribution in [0.15, 0.2) is 18.5 Å². The molecule has 0 aromatic carbocycles. The van der Waals surface area contributed by atoms with Crippen LogP contribution >= 0.6 is 0 Å². The third kappa shape index (κ3) is 2.63. The summed E-state index contributed by atoms with van der Waals surface area (Å²) in [5.41, 5.74) is 2.17. The first-order valence-electron chi connectivity index (χ1n) is 6.72. The minimum absolute atomic E-state index is 0.436. The second-order valence-corrected chi connectivity index (χ2v) is 5.16. The zero-order valence-electron chi connectivity index (χ0n) is 11.6. The van der Waals surface area contributed by atoms with Crippen LogP contribution in [0, 0.1) is 0 Å². The van der Waals surface area contributed by atoms with Gasteiger partial charge in [-0.2, -0.15) is 5.10 Å². The molecule has 2 aromatic heterocycles. The van der Waals surface area contributed by atoms with Gasteiger partial charge < -0.3 is 5.32 Å². The molecular weight excluding hydrogens is 224 g/mol. The van der Waals surface area contributed by atoms with Gasteiger partial charge in [-0.3, -0.25) is 0 Å². The standard InChI is InChI=1S/C14H22N4/c1-5-6-11(4)16-14-13-9-12(10(2)3)17-18(13)8-7-15-14/h7-11H,5-6H2,1-4H3,(H,15,16). The molecule has 1 atom stereocenters. The van der Waals surface area contributed by atoms with Crippen LogP contribution in [0.2, 0.25) is 0 Å². The molecule has 98 valence electrons. The first-order chi connectivity index (χ1) is 8.61. The largest absolute Gasteiger partial charge is 0.366 e. The number of hydrogen-bond acceptors (Lipinski definition) is 3. The van der Waals surface area contributed by atoms with E-state index in [2.05, 4.69) is 49.2 Å². The van der Waals surface area contributed by atoms with Crippen molar-refractivity contribution in [3.8, 4) is 0 Å². The number of nitrogens with zero attached hydrogens (tertiary/aromatic N) is 3. The Morgan fingerprint density at radius 2 is 2.11 bits per heavy atom. The highest BCUT2D eigenvalue weighted by Crippen LogP contribution is 2.20. The highest BCUT2D eigenvalue weighted by atomic mass is 15.2. The highest BCUT2D eigenvalue weighted by molar-refractivity contribution is 5.68. The summed E-state index contributed by atoms with van der Waals surface area (Å²) in [6.45, 7) is 8.69. The Labute approximate surface area is 108 Å². The van der Waals surface area contributed by atoms with E-state index in [0.29, 0.717) is 12.0 Å². The van der Waals surface area contributed by atoms with E-state index in [-0.39, 0.29) is 0 Å². The number of aromatic nitrogens is 3. The SMILES string of the molecule is CCCC(C)Nc1nccn2nc(C(C)C)cc12. The molecule has 4 heteroatoms. The van der Waals surface area contributed by atoms with Gasteiger partial charge in [-0.05, 0) is 25.3 Å². The fourth-order valence-corrected chi connectivity index (χ4v) is 2.07. The number of nitrogens with one attached hydrogen (secondary N) is 1. The number of fused-ring (bicyclic) bond motifs is 1. The van der Waals surface area contributed by atoms with Crippen molar-refractivity contribution in [1.29, 1.82) is 0 Å². The lowest BCUT2D eigenvalue weighted by atomic mass is 10.1. The minimum Gasteiger partial charge on any atom is -0.366 e. The lowest BCUT2D eigenvalue weighted by Gasteiger charge is -2.13. The van der Waals surface area contributed by atoms with Crippen molar-refractivity contribution in [3.05, 3.63) is 24.2 Å². The van der Waals surface area contributed by atoms with Gasteiger partial charge in [0.15, 0.2) is 5.82 Å². The van der Waals surface area contributed by atoms with Crippen LogP contribution in [-0.4, -0.2) is 20.6 Å². The molecule has 4 nitrogen and oxygen atoms in total. The highest BCUT2D eigenvalue weighted by Gasteiger charge is 2.11. The summed E-state index contributed by atoms with van der Waals surface area (Å²) in [5, 5.41) is 8.03. The van der Waals surface area contributed by atoms with Gasteiger partial charge in [0, 0.05) is 18.4 Å². The summed E-state index contributed by atoms with van der Waals surface area (Å²) in [7, 11) is 0. The molecule has 0 aliphatic heterocycles. The first kappa shape index (κ1) is 12.9. The van der Waals surface area contributed by atoms with Crippen molar-refractivity contribution in [2.75, 3.05) is 5.32 Å². The molecule has 2 aromatic rings. The lowest BCUT2D eigenvalue weighted by Crippen LogP contribution is -2.16. The van der Waals surface area contributed by atoms with Gasteiger partial charge in [-0.25, -0.2) is 9.50 Å². The monoisotopic (exact) mass is 246 g/mol. The minimum atomic E-state index is 0.436. The predicted molar refractivity (Wildman–Crippen MR) is 75.1 cm³/mol. The molecule has 2 rings (SSSR count). The molecule has 0 aliphatic rings. The maximum atomic E-state index is 4.56. The second kappa shape index (κ2) is 5.38. The summed E-state index contributed by atoms with van der Waals surface area (Å²) in [6, 6.07) is 2.56. The van der Waals surface area contributed by atoms with Gasteiger partial charge >= 0.3 is 0 Å². The first-order valence-corrected chi connectivity index (χ1v) is 6.72. The van der Waals surface area contributed by atoms with Crippen LogP contribution in [0.25, 0.3) is 5.52 Å². The number of anilines is 1. The van der Waals surface area contributed by atoms with Gasteiger partial charge in [-0.15, -0.1) is 0 Å². The Morgan fingerprint density at radius 1 is 1.33 bits per heavy atom. The molecule has 18 heavy (non-hydrogen) atoms. The van der Waals surface area contributed by atoms with E-state index in [4.69, 9.17) is 0 Å². The summed E-state index contributed by atoms with van der Waals surface area (Å²) in [5.74, 6) is 1.36. The summed E-state index contributed by atoms with van der Waals surface area (Å²) in [6.07, 6.45) is 6.02. The topological polar surface area (TPSA) is 42.2 Å². The predicted octanol–water partition coefficient (Wildman–Crippen LogP) is 3.45. The molecule has 0 bridgehead atoms. The fourth-order valence-electron chi connectivity index (χ4n) is 2.07. The molecule has 0 amide bonds. The van der Waals surface area contributed by atoms with Gasteiger partial charge in [-0.1, -0.05) is 27.2 Å². The van der Waals surface area contributed by atoms with Crippen LogP contribution < -0.4 is 5.32 Å². The van der Waals surface area contributed by atoms with Crippen LogP contribution in [0.4, 0.5) is 5.82 Å². The van der Waals surface area contributed by atoms with Gasteiger partial charge in [0.2, 0.25) is 0 Å². The van der Waals surface area contributed by atoms with Gasteiger partial charge in [0.1, 0.15) is 5.52 Å². The van der Waals surface area contributed by atoms with Crippen LogP contribution in [-0.2, 0) is 0 Å².